The Morgan fingerprint density at radius 1 is 1.03 bits per heavy atom. The summed E-state index contributed by atoms with van der Waals surface area (Å²) in [6, 6.07) is 5.64. The molecule has 2 saturated heterocycles. The van der Waals surface area contributed by atoms with Crippen molar-refractivity contribution in [3.8, 4) is 0 Å². The number of likely N-dealkylation sites (tertiary alicyclic amines) is 2. The van der Waals surface area contributed by atoms with E-state index in [1.807, 2.05) is 39.8 Å². The van der Waals surface area contributed by atoms with Gasteiger partial charge in [-0.1, -0.05) is 60.6 Å². The molecule has 8 nitrogen and oxygen atoms in total. The highest BCUT2D eigenvalue weighted by Crippen LogP contribution is 2.32. The van der Waals surface area contributed by atoms with Gasteiger partial charge in [0.25, 0.3) is 11.8 Å². The molecule has 0 aromatic heterocycles. The maximum Gasteiger partial charge on any atom is 0.252 e. The predicted octanol–water partition coefficient (Wildman–Crippen LogP) is 3.18. The Bertz CT molecular complexity index is 1010. The van der Waals surface area contributed by atoms with Crippen LogP contribution in [-0.4, -0.2) is 77.7 Å². The normalized spacial score (nSPS) is 21.4. The minimum absolute atomic E-state index is 0.0220. The topological polar surface area (TPSA) is 96.0 Å². The monoisotopic (exact) mass is 513 g/mol. The van der Waals surface area contributed by atoms with Crippen molar-refractivity contribution in [3.05, 3.63) is 35.4 Å². The summed E-state index contributed by atoms with van der Waals surface area (Å²) in [5.74, 6) is -0.815. The van der Waals surface area contributed by atoms with Crippen molar-refractivity contribution in [1.29, 1.82) is 0 Å². The molecule has 1 aromatic rings. The molecule has 0 bridgehead atoms. The second-order valence-corrected chi connectivity index (χ2v) is 12.1. The molecule has 8 heteroatoms. The van der Waals surface area contributed by atoms with E-state index >= 15 is 0 Å². The van der Waals surface area contributed by atoms with Crippen LogP contribution in [0.4, 0.5) is 0 Å². The van der Waals surface area contributed by atoms with Crippen LogP contribution in [0.15, 0.2) is 24.3 Å². The fourth-order valence-corrected chi connectivity index (χ4v) is 5.44. The van der Waals surface area contributed by atoms with Gasteiger partial charge in [0, 0.05) is 19.2 Å². The molecule has 0 saturated carbocycles. The number of methoxy groups -OCH3 is 1. The number of carbonyl (C=O) groups is 4. The van der Waals surface area contributed by atoms with E-state index in [1.165, 1.54) is 7.11 Å². The summed E-state index contributed by atoms with van der Waals surface area (Å²) in [4.78, 5) is 56.2. The van der Waals surface area contributed by atoms with Crippen LogP contribution in [0.1, 0.15) is 77.2 Å². The Hall–Kier alpha value is -2.74. The third kappa shape index (κ3) is 6.22. The average molecular weight is 514 g/mol. The smallest absolute Gasteiger partial charge is 0.252 e. The van der Waals surface area contributed by atoms with Crippen molar-refractivity contribution >= 4 is 23.5 Å². The minimum atomic E-state index is -0.756. The number of nitrogens with zero attached hydrogens (tertiary/aromatic N) is 2. The van der Waals surface area contributed by atoms with E-state index in [4.69, 9.17) is 4.74 Å². The zero-order chi connectivity index (χ0) is 27.7. The summed E-state index contributed by atoms with van der Waals surface area (Å²) in [5, 5.41) is 2.93. The number of rotatable bonds is 8. The number of fused-ring (bicyclic) bond motifs is 1. The fourth-order valence-electron chi connectivity index (χ4n) is 5.44. The second kappa shape index (κ2) is 11.3. The first-order valence-corrected chi connectivity index (χ1v) is 13.3. The van der Waals surface area contributed by atoms with Gasteiger partial charge < -0.3 is 19.9 Å². The zero-order valence-electron chi connectivity index (χ0n) is 23.5. The van der Waals surface area contributed by atoms with E-state index in [0.29, 0.717) is 24.9 Å². The number of ketones is 1. The van der Waals surface area contributed by atoms with E-state index in [1.54, 1.807) is 21.9 Å². The first-order chi connectivity index (χ1) is 17.3. The molecule has 0 radical (unpaired) electrons. The molecular formula is C29H43N3O5. The lowest BCUT2D eigenvalue weighted by Gasteiger charge is -2.30. The van der Waals surface area contributed by atoms with Crippen LogP contribution in [0.25, 0.3) is 0 Å². The lowest BCUT2D eigenvalue weighted by Crippen LogP contribution is -2.53. The van der Waals surface area contributed by atoms with E-state index in [-0.39, 0.29) is 53.3 Å². The molecule has 2 aliphatic heterocycles. The Balaban J connectivity index is 1.77. The van der Waals surface area contributed by atoms with E-state index in [2.05, 4.69) is 26.1 Å². The molecule has 2 heterocycles. The number of amides is 3. The third-order valence-corrected chi connectivity index (χ3v) is 7.42. The summed E-state index contributed by atoms with van der Waals surface area (Å²) < 4.78 is 5.41. The van der Waals surface area contributed by atoms with Crippen LogP contribution in [0.5, 0.6) is 0 Å². The van der Waals surface area contributed by atoms with Gasteiger partial charge in [-0.25, -0.2) is 0 Å². The van der Waals surface area contributed by atoms with Crippen LogP contribution >= 0.6 is 0 Å². The highest BCUT2D eigenvalue weighted by atomic mass is 16.5. The lowest BCUT2D eigenvalue weighted by atomic mass is 9.86. The highest BCUT2D eigenvalue weighted by Gasteiger charge is 2.53. The van der Waals surface area contributed by atoms with Gasteiger partial charge >= 0.3 is 0 Å². The van der Waals surface area contributed by atoms with E-state index in [9.17, 15) is 19.2 Å². The molecule has 204 valence electrons. The van der Waals surface area contributed by atoms with Gasteiger partial charge in [0.2, 0.25) is 5.91 Å². The molecule has 1 N–H and O–H groups in total. The van der Waals surface area contributed by atoms with Crippen LogP contribution in [0, 0.1) is 11.8 Å². The standard InChI is InChI=1S/C29H43N3O5/c1-17(2)15-21(30-26(34)19-9-11-20(12-10-19)29(5,6)7)27(35)31-14-13-22-24(31)23(33)16-32(22)28(36)25(37-8)18(3)4/h9-12,17-18,21-22,24-25H,13-16H2,1-8H3,(H,30,34). The second-order valence-electron chi connectivity index (χ2n) is 12.1. The number of benzene rings is 1. The van der Waals surface area contributed by atoms with Crippen LogP contribution in [-0.2, 0) is 24.5 Å². The molecule has 4 atom stereocenters. The van der Waals surface area contributed by atoms with Crippen LogP contribution in [0.2, 0.25) is 0 Å². The number of hydrogen-bond donors (Lipinski definition) is 1. The predicted molar refractivity (Wildman–Crippen MR) is 142 cm³/mol. The summed E-state index contributed by atoms with van der Waals surface area (Å²) >= 11 is 0. The molecule has 2 aliphatic rings. The summed E-state index contributed by atoms with van der Waals surface area (Å²) in [7, 11) is 1.50. The van der Waals surface area contributed by atoms with Crippen molar-refractivity contribution in [3.63, 3.8) is 0 Å². The van der Waals surface area contributed by atoms with Crippen LogP contribution < -0.4 is 5.32 Å². The number of carbonyl (C=O) groups excluding carboxylic acids is 4. The van der Waals surface area contributed by atoms with Gasteiger partial charge in [0.1, 0.15) is 18.2 Å². The summed E-state index contributed by atoms with van der Waals surface area (Å²) in [6.45, 7) is 14.5. The molecular weight excluding hydrogens is 470 g/mol. The minimum Gasteiger partial charge on any atom is -0.371 e. The van der Waals surface area contributed by atoms with Gasteiger partial charge in [-0.2, -0.15) is 0 Å². The number of Topliss-reactive ketones (excluding diaryl/α,β-unsaturated/α-hetero) is 1. The van der Waals surface area contributed by atoms with Crippen molar-refractivity contribution in [2.24, 2.45) is 11.8 Å². The quantitative estimate of drug-likeness (QED) is 0.576. The molecule has 2 fully saturated rings. The van der Waals surface area contributed by atoms with E-state index in [0.717, 1.165) is 5.56 Å². The van der Waals surface area contributed by atoms with Crippen molar-refractivity contribution < 1.29 is 23.9 Å². The van der Waals surface area contributed by atoms with Crippen molar-refractivity contribution in [2.45, 2.75) is 91.0 Å². The summed E-state index contributed by atoms with van der Waals surface area (Å²) in [6.07, 6.45) is 0.349. The fraction of sp³-hybridized carbons (Fsp3) is 0.655. The van der Waals surface area contributed by atoms with Gasteiger partial charge in [-0.15, -0.1) is 0 Å². The third-order valence-electron chi connectivity index (χ3n) is 7.42. The number of ether oxygens (including phenoxy) is 1. The van der Waals surface area contributed by atoms with Gasteiger partial charge in [0.05, 0.1) is 12.6 Å². The van der Waals surface area contributed by atoms with Gasteiger partial charge in [-0.05, 0) is 47.8 Å². The Kier molecular flexibility index (Phi) is 8.83. The number of nitrogens with one attached hydrogen (secondary N) is 1. The first kappa shape index (κ1) is 28.8. The molecule has 3 amide bonds. The Morgan fingerprint density at radius 3 is 2.16 bits per heavy atom. The molecule has 1 aromatic carbocycles. The van der Waals surface area contributed by atoms with Crippen molar-refractivity contribution in [1.82, 2.24) is 15.1 Å². The van der Waals surface area contributed by atoms with Gasteiger partial charge in [0.15, 0.2) is 5.78 Å². The average Bonchev–Trinajstić information content (AvgIpc) is 3.38. The molecule has 4 unspecified atom stereocenters. The maximum absolute atomic E-state index is 13.7. The molecule has 0 spiro atoms. The van der Waals surface area contributed by atoms with Gasteiger partial charge in [-0.3, -0.25) is 19.2 Å². The Morgan fingerprint density at radius 2 is 1.65 bits per heavy atom. The number of hydrogen-bond acceptors (Lipinski definition) is 5. The lowest BCUT2D eigenvalue weighted by molar-refractivity contribution is -0.146. The van der Waals surface area contributed by atoms with E-state index < -0.39 is 18.2 Å². The molecule has 37 heavy (non-hydrogen) atoms. The zero-order valence-corrected chi connectivity index (χ0v) is 23.5. The highest BCUT2D eigenvalue weighted by molar-refractivity contribution is 6.01. The largest absolute Gasteiger partial charge is 0.371 e. The molecule has 3 rings (SSSR count). The maximum atomic E-state index is 13.7. The molecule has 0 aliphatic carbocycles. The Labute approximate surface area is 221 Å². The first-order valence-electron chi connectivity index (χ1n) is 13.3. The van der Waals surface area contributed by atoms with Crippen molar-refractivity contribution in [2.75, 3.05) is 20.2 Å². The summed E-state index contributed by atoms with van der Waals surface area (Å²) in [5.41, 5.74) is 1.58. The SMILES string of the molecule is COC(C(=O)N1CC(=O)C2C1CCN2C(=O)C(CC(C)C)NC(=O)c1ccc(C(C)(C)C)cc1)C(C)C. The van der Waals surface area contributed by atoms with Crippen LogP contribution in [0.3, 0.4) is 0 Å².